The van der Waals surface area contributed by atoms with Crippen LogP contribution < -0.4 is 0 Å². The molecule has 0 aliphatic heterocycles. The Kier molecular flexibility index (Phi) is 24.1. The maximum atomic E-state index is 8.74. The second-order valence-electron chi connectivity index (χ2n) is 0.856. The molecule has 0 bridgehead atoms. The molecular formula is H6O9S3Zn. The summed E-state index contributed by atoms with van der Waals surface area (Å²) in [6.45, 7) is 0. The molecule has 0 radical (unpaired) electrons. The van der Waals surface area contributed by atoms with Crippen molar-refractivity contribution < 1.29 is 60.0 Å². The van der Waals surface area contributed by atoms with Gasteiger partial charge in [0.25, 0.3) is 0 Å². The first-order chi connectivity index (χ1) is 4.00. The normalized spacial score (nSPS) is 8.92. The van der Waals surface area contributed by atoms with E-state index in [1.54, 1.807) is 0 Å². The van der Waals surface area contributed by atoms with Crippen LogP contribution in [0.4, 0.5) is 0 Å². The molecule has 0 fully saturated rings. The Bertz CT molecular complexity index is 211. The van der Waals surface area contributed by atoms with E-state index in [2.05, 4.69) is 0 Å². The van der Waals surface area contributed by atoms with Gasteiger partial charge in [-0.25, -0.2) is 0 Å². The molecular weight excluding hydrogens is 306 g/mol. The zero-order valence-electron chi connectivity index (χ0n) is 5.87. The van der Waals surface area contributed by atoms with Crippen LogP contribution >= 0.6 is 13.5 Å². The van der Waals surface area contributed by atoms with E-state index in [4.69, 9.17) is 35.0 Å². The Balaban J connectivity index is -0.0000000267. The average molecular weight is 312 g/mol. The third-order valence-corrected chi connectivity index (χ3v) is 0. The van der Waals surface area contributed by atoms with Crippen molar-refractivity contribution in [1.82, 2.24) is 0 Å². The third-order valence-electron chi connectivity index (χ3n) is 0. The van der Waals surface area contributed by atoms with Gasteiger partial charge in [-0.1, -0.05) is 0 Å². The van der Waals surface area contributed by atoms with Crippen molar-refractivity contribution in [1.29, 1.82) is 0 Å². The van der Waals surface area contributed by atoms with Crippen molar-refractivity contribution in [2.24, 2.45) is 0 Å². The van der Waals surface area contributed by atoms with Crippen LogP contribution in [-0.4, -0.2) is 40.5 Å². The Morgan fingerprint density at radius 2 is 0.923 bits per heavy atom. The quantitative estimate of drug-likeness (QED) is 0.274. The first-order valence-corrected chi connectivity index (χ1v) is 4.10. The van der Waals surface area contributed by atoms with Gasteiger partial charge in [0.1, 0.15) is 0 Å². The van der Waals surface area contributed by atoms with Gasteiger partial charge in [0.05, 0.1) is 0 Å². The Labute approximate surface area is 94.2 Å². The van der Waals surface area contributed by atoms with Crippen molar-refractivity contribution in [2.75, 3.05) is 0 Å². The van der Waals surface area contributed by atoms with Gasteiger partial charge in [0.15, 0.2) is 0 Å². The molecule has 13 heavy (non-hydrogen) atoms. The molecule has 0 aliphatic rings. The fourth-order valence-electron chi connectivity index (χ4n) is 0. The predicted octanol–water partition coefficient (Wildman–Crippen LogP) is -2.71. The SMILES string of the molecule is O.O=S(=O)(O)O.O=S(=O)([O-])[O-].S.[Zn+2]. The van der Waals surface area contributed by atoms with E-state index in [1.807, 2.05) is 0 Å². The summed E-state index contributed by atoms with van der Waals surface area (Å²) in [6.07, 6.45) is 0. The second kappa shape index (κ2) is 10.8. The van der Waals surface area contributed by atoms with Crippen molar-refractivity contribution in [3.05, 3.63) is 0 Å². The predicted molar refractivity (Wildman–Crippen MR) is 38.6 cm³/mol. The second-order valence-corrected chi connectivity index (χ2v) is 2.57. The zero-order valence-corrected chi connectivity index (χ0v) is 11.5. The topological polar surface area (TPSA) is 186 Å². The molecule has 0 aliphatic carbocycles. The minimum Gasteiger partial charge on any atom is -0.759 e. The summed E-state index contributed by atoms with van der Waals surface area (Å²) < 4.78 is 65.7. The summed E-state index contributed by atoms with van der Waals surface area (Å²) in [7, 11) is -9.83. The third kappa shape index (κ3) is 3180. The Morgan fingerprint density at radius 1 is 0.923 bits per heavy atom. The largest absolute Gasteiger partial charge is 2.00 e. The van der Waals surface area contributed by atoms with E-state index in [-0.39, 0.29) is 38.4 Å². The molecule has 0 spiro atoms. The van der Waals surface area contributed by atoms with Gasteiger partial charge in [-0.2, -0.15) is 21.9 Å². The number of rotatable bonds is 0. The van der Waals surface area contributed by atoms with E-state index < -0.39 is 20.8 Å². The maximum Gasteiger partial charge on any atom is 2.00 e. The van der Waals surface area contributed by atoms with Gasteiger partial charge >= 0.3 is 29.9 Å². The maximum absolute atomic E-state index is 8.74. The summed E-state index contributed by atoms with van der Waals surface area (Å²) in [6, 6.07) is 0. The summed E-state index contributed by atoms with van der Waals surface area (Å²) in [5.41, 5.74) is 0. The summed E-state index contributed by atoms with van der Waals surface area (Å²) >= 11 is 0. The van der Waals surface area contributed by atoms with Crippen LogP contribution in [0, 0.1) is 0 Å². The minimum absolute atomic E-state index is 0. The molecule has 80 valence electrons. The van der Waals surface area contributed by atoms with Crippen LogP contribution in [0.15, 0.2) is 0 Å². The summed E-state index contributed by atoms with van der Waals surface area (Å²) in [5.74, 6) is 0. The fraction of sp³-hybridized carbons (Fsp3) is 0. The van der Waals surface area contributed by atoms with Crippen LogP contribution in [0.5, 0.6) is 0 Å². The summed E-state index contributed by atoms with van der Waals surface area (Å²) in [5, 5.41) is 0. The molecule has 0 aromatic rings. The van der Waals surface area contributed by atoms with E-state index in [0.717, 1.165) is 0 Å². The number of hydrogen-bond donors (Lipinski definition) is 2. The molecule has 4 N–H and O–H groups in total. The van der Waals surface area contributed by atoms with Gasteiger partial charge in [-0.3, -0.25) is 17.5 Å². The Hall–Kier alpha value is 0.673. The van der Waals surface area contributed by atoms with Crippen molar-refractivity contribution >= 4 is 34.3 Å². The molecule has 0 unspecified atom stereocenters. The Morgan fingerprint density at radius 3 is 0.923 bits per heavy atom. The monoisotopic (exact) mass is 310 g/mol. The standard InChI is InChI=1S/2H2O4S.H2O.H2S.Zn/c2*1-5(2,3)4;;;/h2*(H2,1,2,3,4);2*1H2;/q;;;;+2/p-2. The van der Waals surface area contributed by atoms with Crippen molar-refractivity contribution in [2.45, 2.75) is 0 Å². The van der Waals surface area contributed by atoms with Crippen LogP contribution in [0.3, 0.4) is 0 Å². The molecule has 0 atom stereocenters. The molecule has 13 heteroatoms. The molecule has 0 aromatic carbocycles. The van der Waals surface area contributed by atoms with Crippen LogP contribution in [0.25, 0.3) is 0 Å². The fourth-order valence-corrected chi connectivity index (χ4v) is 0. The minimum atomic E-state index is -5.17. The van der Waals surface area contributed by atoms with E-state index in [0.29, 0.717) is 0 Å². The smallest absolute Gasteiger partial charge is 0.759 e. The van der Waals surface area contributed by atoms with Gasteiger partial charge < -0.3 is 14.6 Å². The van der Waals surface area contributed by atoms with Crippen LogP contribution in [-0.2, 0) is 40.3 Å². The van der Waals surface area contributed by atoms with Gasteiger partial charge in [0, 0.05) is 10.4 Å². The zero-order chi connectivity index (χ0) is 9.00. The van der Waals surface area contributed by atoms with Gasteiger partial charge in [-0.15, -0.1) is 0 Å². The van der Waals surface area contributed by atoms with Gasteiger partial charge in [0.2, 0.25) is 0 Å². The molecule has 0 saturated heterocycles. The van der Waals surface area contributed by atoms with E-state index in [9.17, 15) is 0 Å². The first kappa shape index (κ1) is 29.2. The molecule has 0 amide bonds. The molecule has 9 nitrogen and oxygen atoms in total. The van der Waals surface area contributed by atoms with Crippen molar-refractivity contribution in [3.63, 3.8) is 0 Å². The van der Waals surface area contributed by atoms with Crippen LogP contribution in [0.1, 0.15) is 0 Å². The molecule has 0 saturated carbocycles. The molecule has 0 aromatic heterocycles. The first-order valence-electron chi connectivity index (χ1n) is 1.37. The van der Waals surface area contributed by atoms with E-state index in [1.165, 1.54) is 0 Å². The van der Waals surface area contributed by atoms with Crippen LogP contribution in [0.2, 0.25) is 0 Å². The van der Waals surface area contributed by atoms with Gasteiger partial charge in [-0.05, 0) is 0 Å². The molecule has 0 rings (SSSR count). The number of hydrogen-bond acceptors (Lipinski definition) is 6. The average Bonchev–Trinajstić information content (AvgIpc) is 1.12. The van der Waals surface area contributed by atoms with Crippen molar-refractivity contribution in [3.8, 4) is 0 Å². The van der Waals surface area contributed by atoms with E-state index >= 15 is 0 Å². The molecule has 0 heterocycles. The summed E-state index contributed by atoms with van der Waals surface area (Å²) in [4.78, 5) is 0.